The predicted molar refractivity (Wildman–Crippen MR) is 138 cm³/mol. The second-order valence-electron chi connectivity index (χ2n) is 8.91. The number of nitriles is 1. The van der Waals surface area contributed by atoms with E-state index in [-0.39, 0.29) is 17.5 Å². The third-order valence-corrected chi connectivity index (χ3v) is 6.40. The Morgan fingerprint density at radius 1 is 0.973 bits per heavy atom. The van der Waals surface area contributed by atoms with E-state index in [0.29, 0.717) is 33.9 Å². The summed E-state index contributed by atoms with van der Waals surface area (Å²) in [4.78, 5) is 42.5. The molecule has 0 radical (unpaired) electrons. The van der Waals surface area contributed by atoms with Crippen molar-refractivity contribution in [1.29, 1.82) is 5.26 Å². The van der Waals surface area contributed by atoms with Crippen molar-refractivity contribution in [2.45, 2.75) is 25.2 Å². The van der Waals surface area contributed by atoms with Gasteiger partial charge in [-0.25, -0.2) is 4.98 Å². The van der Waals surface area contributed by atoms with E-state index in [1.54, 1.807) is 56.1 Å². The highest BCUT2D eigenvalue weighted by atomic mass is 16.2. The fraction of sp³-hybridized carbons (Fsp3) is 0.179. The van der Waals surface area contributed by atoms with Crippen LogP contribution in [0.25, 0.3) is 22.5 Å². The molecular formula is C28H23N7O2. The summed E-state index contributed by atoms with van der Waals surface area (Å²) in [6.07, 6.45) is 7.93. The van der Waals surface area contributed by atoms with Crippen molar-refractivity contribution in [3.63, 3.8) is 0 Å². The predicted octanol–water partition coefficient (Wildman–Crippen LogP) is 4.08. The van der Waals surface area contributed by atoms with E-state index >= 15 is 0 Å². The minimum Gasteiger partial charge on any atom is -0.354 e. The van der Waals surface area contributed by atoms with Gasteiger partial charge in [-0.05, 0) is 61.7 Å². The molecule has 0 atom stereocenters. The van der Waals surface area contributed by atoms with Gasteiger partial charge in [0.2, 0.25) is 0 Å². The van der Waals surface area contributed by atoms with Crippen LogP contribution in [0.15, 0.2) is 67.3 Å². The largest absolute Gasteiger partial charge is 0.354 e. The molecule has 1 saturated carbocycles. The standard InChI is InChI=1S/C28H23N7O2/c1-17-3-4-20(34-26(36)19-6-10-33-25(12-19)28(16-29)7-8-28)13-21(17)24-15-31-14-23(35-24)18-5-9-32-22(11-18)27(37)30-2/h3-6,9-15H,7-8H2,1-2H3,(H,30,37)(H,34,36). The van der Waals surface area contributed by atoms with E-state index in [4.69, 9.17) is 4.98 Å². The van der Waals surface area contributed by atoms with Crippen LogP contribution in [0.3, 0.4) is 0 Å². The van der Waals surface area contributed by atoms with Gasteiger partial charge in [0.1, 0.15) is 5.69 Å². The fourth-order valence-corrected chi connectivity index (χ4v) is 4.04. The van der Waals surface area contributed by atoms with Gasteiger partial charge in [0.25, 0.3) is 11.8 Å². The van der Waals surface area contributed by atoms with Gasteiger partial charge in [0, 0.05) is 41.8 Å². The normalized spacial score (nSPS) is 13.3. The smallest absolute Gasteiger partial charge is 0.269 e. The monoisotopic (exact) mass is 489 g/mol. The maximum Gasteiger partial charge on any atom is 0.269 e. The molecule has 1 aliphatic rings. The number of benzene rings is 1. The quantitative estimate of drug-likeness (QED) is 0.417. The Morgan fingerprint density at radius 2 is 1.76 bits per heavy atom. The van der Waals surface area contributed by atoms with Crippen molar-refractivity contribution in [3.05, 3.63) is 89.8 Å². The summed E-state index contributed by atoms with van der Waals surface area (Å²) in [5, 5.41) is 15.0. The molecule has 4 aromatic rings. The number of hydrogen-bond acceptors (Lipinski definition) is 7. The lowest BCUT2D eigenvalue weighted by molar-refractivity contribution is 0.0957. The van der Waals surface area contributed by atoms with Crippen LogP contribution < -0.4 is 10.6 Å². The van der Waals surface area contributed by atoms with Crippen LogP contribution in [0.1, 0.15) is 44.9 Å². The van der Waals surface area contributed by atoms with E-state index < -0.39 is 5.41 Å². The van der Waals surface area contributed by atoms with Gasteiger partial charge >= 0.3 is 0 Å². The van der Waals surface area contributed by atoms with Gasteiger partial charge in [-0.15, -0.1) is 0 Å². The highest BCUT2D eigenvalue weighted by Crippen LogP contribution is 2.46. The third kappa shape index (κ3) is 4.77. The number of pyridine rings is 2. The number of carbonyl (C=O) groups excluding carboxylic acids is 2. The van der Waals surface area contributed by atoms with Crippen LogP contribution in [0.4, 0.5) is 5.69 Å². The molecule has 2 N–H and O–H groups in total. The number of rotatable bonds is 6. The van der Waals surface area contributed by atoms with E-state index in [1.807, 2.05) is 25.1 Å². The molecule has 0 bridgehead atoms. The van der Waals surface area contributed by atoms with Gasteiger partial charge in [-0.2, -0.15) is 5.26 Å². The Morgan fingerprint density at radius 3 is 2.51 bits per heavy atom. The molecule has 1 fully saturated rings. The van der Waals surface area contributed by atoms with E-state index in [2.05, 4.69) is 31.7 Å². The molecule has 2 amide bonds. The molecule has 1 aromatic carbocycles. The Balaban J connectivity index is 1.41. The Bertz CT molecular complexity index is 1570. The van der Waals surface area contributed by atoms with Crippen LogP contribution in [0.5, 0.6) is 0 Å². The molecule has 0 saturated heterocycles. The lowest BCUT2D eigenvalue weighted by Gasteiger charge is -2.12. The first-order valence-electron chi connectivity index (χ1n) is 11.7. The molecule has 0 spiro atoms. The number of nitrogens with one attached hydrogen (secondary N) is 2. The third-order valence-electron chi connectivity index (χ3n) is 6.40. The zero-order chi connectivity index (χ0) is 26.0. The van der Waals surface area contributed by atoms with Crippen molar-refractivity contribution < 1.29 is 9.59 Å². The second-order valence-corrected chi connectivity index (χ2v) is 8.91. The zero-order valence-electron chi connectivity index (χ0n) is 20.3. The molecule has 5 rings (SSSR count). The Labute approximate surface area is 213 Å². The number of hydrogen-bond donors (Lipinski definition) is 2. The topological polar surface area (TPSA) is 134 Å². The molecule has 0 unspecified atom stereocenters. The summed E-state index contributed by atoms with van der Waals surface area (Å²) < 4.78 is 0. The average Bonchev–Trinajstić information content (AvgIpc) is 3.75. The van der Waals surface area contributed by atoms with Crippen LogP contribution in [0, 0.1) is 18.3 Å². The maximum absolute atomic E-state index is 13.0. The maximum atomic E-state index is 13.0. The summed E-state index contributed by atoms with van der Waals surface area (Å²) >= 11 is 0. The number of nitrogens with zero attached hydrogens (tertiary/aromatic N) is 5. The van der Waals surface area contributed by atoms with Gasteiger partial charge in [-0.1, -0.05) is 6.07 Å². The van der Waals surface area contributed by atoms with Crippen molar-refractivity contribution in [2.75, 3.05) is 12.4 Å². The van der Waals surface area contributed by atoms with Crippen LogP contribution in [-0.2, 0) is 5.41 Å². The molecule has 1 aliphatic carbocycles. The van der Waals surface area contributed by atoms with Crippen molar-refractivity contribution in [1.82, 2.24) is 25.3 Å². The van der Waals surface area contributed by atoms with Gasteiger partial charge in [0.05, 0.1) is 41.0 Å². The minimum atomic E-state index is -0.563. The van der Waals surface area contributed by atoms with Gasteiger partial charge in [-0.3, -0.25) is 24.5 Å². The van der Waals surface area contributed by atoms with Crippen LogP contribution >= 0.6 is 0 Å². The molecule has 3 heterocycles. The van der Waals surface area contributed by atoms with E-state index in [1.165, 1.54) is 0 Å². The minimum absolute atomic E-state index is 0.286. The molecule has 9 nitrogen and oxygen atoms in total. The first-order valence-corrected chi connectivity index (χ1v) is 11.7. The lowest BCUT2D eigenvalue weighted by atomic mass is 10.0. The molecule has 182 valence electrons. The highest BCUT2D eigenvalue weighted by molar-refractivity contribution is 6.04. The summed E-state index contributed by atoms with van der Waals surface area (Å²) in [5.41, 5.74) is 5.10. The number of anilines is 1. The number of aromatic nitrogens is 4. The number of amides is 2. The SMILES string of the molecule is CNC(=O)c1cc(-c2cncc(-c3cc(NC(=O)c4ccnc(C5(C#N)CC5)c4)ccc3C)n2)ccn1. The summed E-state index contributed by atoms with van der Waals surface area (Å²) in [6.45, 7) is 1.96. The van der Waals surface area contributed by atoms with E-state index in [0.717, 1.165) is 24.0 Å². The van der Waals surface area contributed by atoms with Gasteiger partial charge in [0.15, 0.2) is 0 Å². The van der Waals surface area contributed by atoms with Crippen molar-refractivity contribution in [2.24, 2.45) is 0 Å². The second kappa shape index (κ2) is 9.59. The van der Waals surface area contributed by atoms with Crippen LogP contribution in [-0.4, -0.2) is 38.8 Å². The number of carbonyl (C=O) groups is 2. The first-order chi connectivity index (χ1) is 17.9. The first kappa shape index (κ1) is 23.8. The molecule has 3 aromatic heterocycles. The van der Waals surface area contributed by atoms with Crippen molar-refractivity contribution in [3.8, 4) is 28.6 Å². The van der Waals surface area contributed by atoms with Crippen LogP contribution in [0.2, 0.25) is 0 Å². The average molecular weight is 490 g/mol. The number of aryl methyl sites for hydroxylation is 1. The molecule has 9 heteroatoms. The van der Waals surface area contributed by atoms with Gasteiger partial charge < -0.3 is 10.6 Å². The summed E-state index contributed by atoms with van der Waals surface area (Å²) in [5.74, 6) is -0.572. The zero-order valence-corrected chi connectivity index (χ0v) is 20.3. The molecule has 37 heavy (non-hydrogen) atoms. The van der Waals surface area contributed by atoms with E-state index in [9.17, 15) is 14.9 Å². The highest BCUT2D eigenvalue weighted by Gasteiger charge is 2.46. The molecular weight excluding hydrogens is 466 g/mol. The Hall–Kier alpha value is -4.97. The molecule has 0 aliphatic heterocycles. The lowest BCUT2D eigenvalue weighted by Crippen LogP contribution is -2.19. The fourth-order valence-electron chi connectivity index (χ4n) is 4.04. The Kier molecular flexibility index (Phi) is 6.15. The van der Waals surface area contributed by atoms with Crippen molar-refractivity contribution >= 4 is 17.5 Å². The summed E-state index contributed by atoms with van der Waals surface area (Å²) in [6, 6.07) is 14.7. The summed E-state index contributed by atoms with van der Waals surface area (Å²) in [7, 11) is 1.55.